The lowest BCUT2D eigenvalue weighted by Gasteiger charge is -2.21. The first kappa shape index (κ1) is 18.9. The van der Waals surface area contributed by atoms with Gasteiger partial charge >= 0.3 is 8.25 Å². The van der Waals surface area contributed by atoms with Crippen LogP contribution in [-0.4, -0.2) is 26.7 Å². The number of carbonyl (C=O) groups is 2. The summed E-state index contributed by atoms with van der Waals surface area (Å²) < 4.78 is 15.6. The lowest BCUT2D eigenvalue weighted by molar-refractivity contribution is 0.0974. The Kier molecular flexibility index (Phi) is 4.91. The number of fused-ring (bicyclic) bond motifs is 2. The number of benzene rings is 2. The number of hydrogen-bond donors (Lipinski definition) is 3. The number of phenolic OH excluding ortho intramolecular Hbond substituents is 2. The lowest BCUT2D eigenvalue weighted by Crippen LogP contribution is -2.21. The van der Waals surface area contributed by atoms with Gasteiger partial charge in [-0.05, 0) is 35.3 Å². The van der Waals surface area contributed by atoms with E-state index in [0.29, 0.717) is 11.1 Å². The summed E-state index contributed by atoms with van der Waals surface area (Å²) in [6.45, 7) is 3.61. The number of aromatic hydroxyl groups is 2. The van der Waals surface area contributed by atoms with Crippen LogP contribution in [0.4, 0.5) is 0 Å². The van der Waals surface area contributed by atoms with E-state index in [1.165, 1.54) is 30.3 Å². The molecule has 0 bridgehead atoms. The molecule has 1 aliphatic carbocycles. The molecule has 0 radical (unpaired) electrons. The van der Waals surface area contributed by atoms with Gasteiger partial charge in [0.25, 0.3) is 0 Å². The fourth-order valence-corrected chi connectivity index (χ4v) is 3.33. The second-order valence-electron chi connectivity index (χ2n) is 6.39. The lowest BCUT2D eigenvalue weighted by atomic mass is 9.81. The van der Waals surface area contributed by atoms with E-state index in [4.69, 9.17) is 9.42 Å². The highest BCUT2D eigenvalue weighted by Crippen LogP contribution is 2.39. The van der Waals surface area contributed by atoms with Gasteiger partial charge in [0.05, 0.1) is 17.4 Å². The molecule has 7 nitrogen and oxygen atoms in total. The molecule has 0 amide bonds. The van der Waals surface area contributed by atoms with Gasteiger partial charge in [0.1, 0.15) is 11.5 Å². The minimum atomic E-state index is -3.20. The molecule has 0 aromatic heterocycles. The summed E-state index contributed by atoms with van der Waals surface area (Å²) in [6, 6.07) is 6.92. The molecule has 140 valence electrons. The van der Waals surface area contributed by atoms with E-state index in [-0.39, 0.29) is 33.9 Å². The Morgan fingerprint density at radius 2 is 1.70 bits per heavy atom. The third-order valence-electron chi connectivity index (χ3n) is 4.35. The summed E-state index contributed by atoms with van der Waals surface area (Å²) in [5, 5.41) is 20.4. The van der Waals surface area contributed by atoms with Crippen LogP contribution >= 0.6 is 8.25 Å². The van der Waals surface area contributed by atoms with Gasteiger partial charge in [0.2, 0.25) is 5.78 Å². The predicted molar refractivity (Wildman–Crippen MR) is 98.2 cm³/mol. The van der Waals surface area contributed by atoms with E-state index < -0.39 is 25.6 Å². The maximum absolute atomic E-state index is 12.9. The molecule has 0 saturated heterocycles. The standard InChI is InChI=1S/C19H17O7P/c1-9(2)13(8-26-27(24)25)10-6-12-17(15(21)7-10)19(23)16-11(18(12)22)4-3-5-14(16)20/h3-9,20-21,27H,1-2H3,(H,24,25). The smallest absolute Gasteiger partial charge is 0.364 e. The summed E-state index contributed by atoms with van der Waals surface area (Å²) in [5.41, 5.74) is 0.584. The fraction of sp³-hybridized carbons (Fsp3) is 0.158. The predicted octanol–water partition coefficient (Wildman–Crippen LogP) is 3.27. The van der Waals surface area contributed by atoms with E-state index in [1.807, 2.05) is 0 Å². The van der Waals surface area contributed by atoms with Crippen molar-refractivity contribution in [2.75, 3.05) is 0 Å². The van der Waals surface area contributed by atoms with Crippen molar-refractivity contribution in [1.82, 2.24) is 0 Å². The molecular weight excluding hydrogens is 371 g/mol. The molecule has 8 heteroatoms. The summed E-state index contributed by atoms with van der Waals surface area (Å²) in [7, 11) is -3.20. The van der Waals surface area contributed by atoms with Crippen molar-refractivity contribution < 1.29 is 33.8 Å². The van der Waals surface area contributed by atoms with Crippen molar-refractivity contribution >= 4 is 25.4 Å². The van der Waals surface area contributed by atoms with Gasteiger partial charge in [-0.1, -0.05) is 26.0 Å². The SMILES string of the molecule is CC(C)C(=CO[PH](=O)O)c1cc(O)c2c(c1)C(=O)c1cccc(O)c1C2=O. The Labute approximate surface area is 155 Å². The molecular formula is C19H17O7P. The average Bonchev–Trinajstić information content (AvgIpc) is 2.58. The Bertz CT molecular complexity index is 1020. The van der Waals surface area contributed by atoms with E-state index in [9.17, 15) is 24.4 Å². The Morgan fingerprint density at radius 3 is 2.33 bits per heavy atom. The summed E-state index contributed by atoms with van der Waals surface area (Å²) >= 11 is 0. The Morgan fingerprint density at radius 1 is 1.04 bits per heavy atom. The van der Waals surface area contributed by atoms with Gasteiger partial charge in [0.15, 0.2) is 5.78 Å². The first-order valence-electron chi connectivity index (χ1n) is 8.10. The third-order valence-corrected chi connectivity index (χ3v) is 4.66. The van der Waals surface area contributed by atoms with E-state index in [1.54, 1.807) is 13.8 Å². The third kappa shape index (κ3) is 3.27. The number of phenols is 2. The minimum absolute atomic E-state index is 0.00342. The number of hydrogen-bond acceptors (Lipinski definition) is 6. The minimum Gasteiger partial charge on any atom is -0.507 e. The second kappa shape index (κ2) is 7.02. The van der Waals surface area contributed by atoms with Crippen LogP contribution in [0.15, 0.2) is 36.6 Å². The van der Waals surface area contributed by atoms with Crippen LogP contribution < -0.4 is 0 Å². The van der Waals surface area contributed by atoms with Crippen LogP contribution in [0.5, 0.6) is 11.5 Å². The van der Waals surface area contributed by atoms with Gasteiger partial charge < -0.3 is 19.6 Å². The number of ketones is 2. The van der Waals surface area contributed by atoms with Crippen LogP contribution in [0.2, 0.25) is 0 Å². The number of carbonyl (C=O) groups excluding carboxylic acids is 2. The molecule has 0 heterocycles. The zero-order chi connectivity index (χ0) is 19.9. The fourth-order valence-electron chi connectivity index (χ4n) is 3.10. The first-order valence-corrected chi connectivity index (χ1v) is 9.37. The van der Waals surface area contributed by atoms with Crippen molar-refractivity contribution in [3.63, 3.8) is 0 Å². The monoisotopic (exact) mass is 388 g/mol. The highest BCUT2D eigenvalue weighted by molar-refractivity contribution is 7.32. The van der Waals surface area contributed by atoms with Crippen LogP contribution in [0.3, 0.4) is 0 Å². The van der Waals surface area contributed by atoms with Gasteiger partial charge in [0, 0.05) is 11.1 Å². The van der Waals surface area contributed by atoms with Gasteiger partial charge in [-0.15, -0.1) is 0 Å². The summed E-state index contributed by atoms with van der Waals surface area (Å²) in [5.74, 6) is -2.06. The Balaban J connectivity index is 2.21. The van der Waals surface area contributed by atoms with Crippen LogP contribution in [0.1, 0.15) is 51.3 Å². The number of allylic oxidation sites excluding steroid dienone is 1. The molecule has 2 aromatic rings. The van der Waals surface area contributed by atoms with Crippen LogP contribution in [0, 0.1) is 5.92 Å². The highest BCUT2D eigenvalue weighted by Gasteiger charge is 2.34. The molecule has 27 heavy (non-hydrogen) atoms. The second-order valence-corrected chi connectivity index (χ2v) is 7.16. The summed E-state index contributed by atoms with van der Waals surface area (Å²) in [6.07, 6.45) is 1.11. The normalized spacial score (nSPS) is 14.7. The van der Waals surface area contributed by atoms with Crippen molar-refractivity contribution in [1.29, 1.82) is 0 Å². The molecule has 3 N–H and O–H groups in total. The van der Waals surface area contributed by atoms with Crippen LogP contribution in [-0.2, 0) is 9.09 Å². The van der Waals surface area contributed by atoms with Crippen molar-refractivity contribution in [2.45, 2.75) is 13.8 Å². The van der Waals surface area contributed by atoms with E-state index in [0.717, 1.165) is 6.26 Å². The van der Waals surface area contributed by atoms with Crippen molar-refractivity contribution in [3.05, 3.63) is 64.4 Å². The maximum Gasteiger partial charge on any atom is 0.364 e. The topological polar surface area (TPSA) is 121 Å². The quantitative estimate of drug-likeness (QED) is 0.463. The molecule has 1 aliphatic rings. The maximum atomic E-state index is 12.9. The van der Waals surface area contributed by atoms with Gasteiger partial charge in [-0.25, -0.2) is 4.57 Å². The molecule has 0 saturated carbocycles. The molecule has 0 spiro atoms. The molecule has 1 atom stereocenters. The zero-order valence-corrected chi connectivity index (χ0v) is 15.5. The molecule has 2 aromatic carbocycles. The molecule has 0 aliphatic heterocycles. The zero-order valence-electron chi connectivity index (χ0n) is 14.5. The largest absolute Gasteiger partial charge is 0.507 e. The molecule has 1 unspecified atom stereocenters. The molecule has 3 rings (SSSR count). The Hall–Kier alpha value is -2.89. The van der Waals surface area contributed by atoms with E-state index in [2.05, 4.69) is 0 Å². The van der Waals surface area contributed by atoms with Gasteiger partial charge in [-0.3, -0.25) is 9.59 Å². The van der Waals surface area contributed by atoms with Crippen molar-refractivity contribution in [2.24, 2.45) is 5.92 Å². The average molecular weight is 388 g/mol. The van der Waals surface area contributed by atoms with Gasteiger partial charge in [-0.2, -0.15) is 0 Å². The van der Waals surface area contributed by atoms with E-state index >= 15 is 0 Å². The van der Waals surface area contributed by atoms with Crippen molar-refractivity contribution in [3.8, 4) is 11.5 Å². The molecule has 0 fully saturated rings. The highest BCUT2D eigenvalue weighted by atomic mass is 31.1. The van der Waals surface area contributed by atoms with Crippen LogP contribution in [0.25, 0.3) is 5.57 Å². The summed E-state index contributed by atoms with van der Waals surface area (Å²) in [4.78, 5) is 34.5. The first-order chi connectivity index (χ1) is 12.7. The number of rotatable bonds is 4.